The van der Waals surface area contributed by atoms with Crippen molar-refractivity contribution >= 4 is 11.9 Å². The maximum absolute atomic E-state index is 12.8. The van der Waals surface area contributed by atoms with E-state index in [-0.39, 0.29) is 5.56 Å². The van der Waals surface area contributed by atoms with Gasteiger partial charge in [-0.2, -0.15) is 0 Å². The molecule has 0 bridgehead atoms. The fraction of sp³-hybridized carbons (Fsp3) is 0.273. The van der Waals surface area contributed by atoms with Crippen LogP contribution in [0.1, 0.15) is 17.3 Å². The van der Waals surface area contributed by atoms with E-state index in [2.05, 4.69) is 5.32 Å². The van der Waals surface area contributed by atoms with E-state index in [1.54, 1.807) is 0 Å². The number of carbonyl (C=O) groups is 2. The first kappa shape index (κ1) is 13.1. The van der Waals surface area contributed by atoms with Gasteiger partial charge in [0, 0.05) is 5.56 Å². The summed E-state index contributed by atoms with van der Waals surface area (Å²) in [5.74, 6) is -2.64. The van der Waals surface area contributed by atoms with Crippen LogP contribution >= 0.6 is 0 Å². The average Bonchev–Trinajstić information content (AvgIpc) is 2.27. The largest absolute Gasteiger partial charge is 0.479 e. The number of carbonyl (C=O) groups excluding carboxylic acids is 1. The molecule has 92 valence electrons. The van der Waals surface area contributed by atoms with Crippen molar-refractivity contribution in [3.8, 4) is 0 Å². The summed E-state index contributed by atoms with van der Waals surface area (Å²) in [6, 6.07) is 3.99. The molecule has 0 radical (unpaired) electrons. The molecule has 1 amide bonds. The van der Waals surface area contributed by atoms with Gasteiger partial charge in [-0.05, 0) is 25.1 Å². The maximum Gasteiger partial charge on any atom is 0.334 e. The maximum atomic E-state index is 12.8. The van der Waals surface area contributed by atoms with Gasteiger partial charge < -0.3 is 15.5 Å². The molecule has 0 saturated carbocycles. The Kier molecular flexibility index (Phi) is 4.17. The van der Waals surface area contributed by atoms with E-state index in [0.717, 1.165) is 6.07 Å². The topological polar surface area (TPSA) is 86.6 Å². The highest BCUT2D eigenvalue weighted by molar-refractivity contribution is 5.94. The van der Waals surface area contributed by atoms with Gasteiger partial charge in [0.05, 0.1) is 6.04 Å². The number of carboxylic acid groups (broad SMARTS) is 1. The number of rotatable bonds is 4. The number of aliphatic hydroxyl groups is 1. The standard InChI is InChI=1S/C11H12FNO4/c1-6(9(14)11(16)17)13-10(15)7-3-2-4-8(12)5-7/h2-6,9,14H,1H3,(H,13,15)(H,16,17). The van der Waals surface area contributed by atoms with Gasteiger partial charge in [0.15, 0.2) is 6.10 Å². The molecule has 2 unspecified atom stereocenters. The highest BCUT2D eigenvalue weighted by Gasteiger charge is 2.23. The van der Waals surface area contributed by atoms with Crippen molar-refractivity contribution in [2.75, 3.05) is 0 Å². The first-order valence-electron chi connectivity index (χ1n) is 4.89. The van der Waals surface area contributed by atoms with E-state index in [0.29, 0.717) is 0 Å². The van der Waals surface area contributed by atoms with Gasteiger partial charge in [-0.25, -0.2) is 9.18 Å². The van der Waals surface area contributed by atoms with Crippen LogP contribution in [0.25, 0.3) is 0 Å². The molecule has 1 aromatic carbocycles. The number of hydrogen-bond donors (Lipinski definition) is 3. The Morgan fingerprint density at radius 1 is 1.41 bits per heavy atom. The van der Waals surface area contributed by atoms with E-state index < -0.39 is 29.8 Å². The molecule has 0 fully saturated rings. The van der Waals surface area contributed by atoms with Crippen molar-refractivity contribution in [3.05, 3.63) is 35.6 Å². The third-order valence-corrected chi connectivity index (χ3v) is 2.17. The zero-order valence-electron chi connectivity index (χ0n) is 9.05. The number of aliphatic carboxylic acids is 1. The van der Waals surface area contributed by atoms with Gasteiger partial charge in [0.1, 0.15) is 5.82 Å². The van der Waals surface area contributed by atoms with Gasteiger partial charge >= 0.3 is 5.97 Å². The molecule has 6 heteroatoms. The lowest BCUT2D eigenvalue weighted by Crippen LogP contribution is -2.44. The normalized spacial score (nSPS) is 13.8. The van der Waals surface area contributed by atoms with Crippen molar-refractivity contribution < 1.29 is 24.2 Å². The first-order valence-corrected chi connectivity index (χ1v) is 4.89. The monoisotopic (exact) mass is 241 g/mol. The van der Waals surface area contributed by atoms with Crippen molar-refractivity contribution in [3.63, 3.8) is 0 Å². The Labute approximate surface area is 96.9 Å². The number of aliphatic hydroxyl groups excluding tert-OH is 1. The van der Waals surface area contributed by atoms with Crippen LogP contribution in [0.15, 0.2) is 24.3 Å². The summed E-state index contributed by atoms with van der Waals surface area (Å²) in [6.45, 7) is 1.34. The number of hydrogen-bond acceptors (Lipinski definition) is 3. The van der Waals surface area contributed by atoms with Gasteiger partial charge in [-0.1, -0.05) is 6.07 Å². The summed E-state index contributed by atoms with van der Waals surface area (Å²) in [5.41, 5.74) is 0.0643. The third kappa shape index (κ3) is 3.53. The minimum Gasteiger partial charge on any atom is -0.479 e. The number of amides is 1. The second-order valence-corrected chi connectivity index (χ2v) is 3.56. The van der Waals surface area contributed by atoms with E-state index in [9.17, 15) is 14.0 Å². The van der Waals surface area contributed by atoms with Crippen molar-refractivity contribution in [2.45, 2.75) is 19.1 Å². The van der Waals surface area contributed by atoms with Gasteiger partial charge in [-0.15, -0.1) is 0 Å². The Morgan fingerprint density at radius 3 is 2.59 bits per heavy atom. The lowest BCUT2D eigenvalue weighted by molar-refractivity contribution is -0.147. The minimum absolute atomic E-state index is 0.0643. The minimum atomic E-state index is -1.70. The second kappa shape index (κ2) is 5.40. The van der Waals surface area contributed by atoms with Gasteiger partial charge in [0.25, 0.3) is 5.91 Å². The number of nitrogens with one attached hydrogen (secondary N) is 1. The highest BCUT2D eigenvalue weighted by Crippen LogP contribution is 2.04. The zero-order chi connectivity index (χ0) is 13.0. The molecule has 0 aromatic heterocycles. The molecule has 0 spiro atoms. The predicted octanol–water partition coefficient (Wildman–Crippen LogP) is 0.390. The summed E-state index contributed by atoms with van der Waals surface area (Å²) in [6.07, 6.45) is -1.70. The molecule has 0 saturated heterocycles. The molecule has 17 heavy (non-hydrogen) atoms. The lowest BCUT2D eigenvalue weighted by Gasteiger charge is -2.16. The molecule has 0 aliphatic carbocycles. The van der Waals surface area contributed by atoms with Crippen LogP contribution in [0.4, 0.5) is 4.39 Å². The number of benzene rings is 1. The van der Waals surface area contributed by atoms with Gasteiger partial charge in [-0.3, -0.25) is 4.79 Å². The van der Waals surface area contributed by atoms with Crippen LogP contribution in [0.5, 0.6) is 0 Å². The second-order valence-electron chi connectivity index (χ2n) is 3.56. The number of halogens is 1. The van der Waals surface area contributed by atoms with Crippen LogP contribution in [-0.4, -0.2) is 34.2 Å². The molecule has 2 atom stereocenters. The summed E-state index contributed by atoms with van der Waals surface area (Å²) in [5, 5.41) is 19.9. The molecular formula is C11H12FNO4. The van der Waals surface area contributed by atoms with Crippen LogP contribution in [0.2, 0.25) is 0 Å². The van der Waals surface area contributed by atoms with E-state index in [4.69, 9.17) is 10.2 Å². The van der Waals surface area contributed by atoms with Crippen LogP contribution in [0, 0.1) is 5.82 Å². The highest BCUT2D eigenvalue weighted by atomic mass is 19.1. The molecule has 5 nitrogen and oxygen atoms in total. The van der Waals surface area contributed by atoms with Gasteiger partial charge in [0.2, 0.25) is 0 Å². The van der Waals surface area contributed by atoms with Crippen molar-refractivity contribution in [1.82, 2.24) is 5.32 Å². The van der Waals surface area contributed by atoms with E-state index in [1.807, 2.05) is 0 Å². The SMILES string of the molecule is CC(NC(=O)c1cccc(F)c1)C(O)C(=O)O. The molecule has 3 N–H and O–H groups in total. The Hall–Kier alpha value is -1.95. The average molecular weight is 241 g/mol. The first-order chi connectivity index (χ1) is 7.91. The molecule has 0 aliphatic rings. The fourth-order valence-corrected chi connectivity index (χ4v) is 1.21. The van der Waals surface area contributed by atoms with Crippen LogP contribution < -0.4 is 5.32 Å². The molecular weight excluding hydrogens is 229 g/mol. The molecule has 0 heterocycles. The van der Waals surface area contributed by atoms with E-state index in [1.165, 1.54) is 25.1 Å². The predicted molar refractivity (Wildman–Crippen MR) is 57.0 cm³/mol. The smallest absolute Gasteiger partial charge is 0.334 e. The zero-order valence-corrected chi connectivity index (χ0v) is 9.05. The van der Waals surface area contributed by atoms with Crippen LogP contribution in [-0.2, 0) is 4.79 Å². The lowest BCUT2D eigenvalue weighted by atomic mass is 10.1. The third-order valence-electron chi connectivity index (χ3n) is 2.17. The molecule has 0 aliphatic heterocycles. The molecule has 1 rings (SSSR count). The van der Waals surface area contributed by atoms with Crippen molar-refractivity contribution in [2.24, 2.45) is 0 Å². The Morgan fingerprint density at radius 2 is 2.06 bits per heavy atom. The van der Waals surface area contributed by atoms with Crippen molar-refractivity contribution in [1.29, 1.82) is 0 Å². The Balaban J connectivity index is 2.70. The summed E-state index contributed by atoms with van der Waals surface area (Å²) in [4.78, 5) is 22.0. The summed E-state index contributed by atoms with van der Waals surface area (Å²) in [7, 11) is 0. The summed E-state index contributed by atoms with van der Waals surface area (Å²) >= 11 is 0. The Bertz CT molecular complexity index is 435. The fourth-order valence-electron chi connectivity index (χ4n) is 1.21. The summed E-state index contributed by atoms with van der Waals surface area (Å²) < 4.78 is 12.8. The van der Waals surface area contributed by atoms with E-state index >= 15 is 0 Å². The quantitative estimate of drug-likeness (QED) is 0.711. The molecule has 1 aromatic rings. The number of carboxylic acids is 1. The van der Waals surface area contributed by atoms with Crippen LogP contribution in [0.3, 0.4) is 0 Å².